The molecular formula is C84H84Br2N8O20Zn. The number of pyridine rings is 4. The van der Waals surface area contributed by atoms with Gasteiger partial charge in [0.05, 0.1) is 62.9 Å². The number of nitrogens with zero attached hydrogens (tertiary/aromatic N) is 4. The van der Waals surface area contributed by atoms with Crippen molar-refractivity contribution in [3.05, 3.63) is 188 Å². The molecule has 4 fully saturated rings. The van der Waals surface area contributed by atoms with Crippen molar-refractivity contribution in [1.82, 2.24) is 19.9 Å². The van der Waals surface area contributed by atoms with Gasteiger partial charge in [-0.25, -0.2) is 28.8 Å². The van der Waals surface area contributed by atoms with Crippen LogP contribution in [-0.4, -0.2) is 92.1 Å². The van der Waals surface area contributed by atoms with Crippen LogP contribution in [0.15, 0.2) is 138 Å². The van der Waals surface area contributed by atoms with Crippen molar-refractivity contribution in [3.8, 4) is 0 Å². The fourth-order valence-electron chi connectivity index (χ4n) is 12.6. The van der Waals surface area contributed by atoms with Crippen LogP contribution in [0.1, 0.15) is 215 Å². The van der Waals surface area contributed by atoms with Gasteiger partial charge in [0.25, 0.3) is 0 Å². The maximum atomic E-state index is 13.3. The van der Waals surface area contributed by atoms with Crippen molar-refractivity contribution in [3.63, 3.8) is 0 Å². The zero-order valence-electron chi connectivity index (χ0n) is 64.8. The summed E-state index contributed by atoms with van der Waals surface area (Å²) in [6.07, 6.45) is 15.3. The number of hydrogen-bond acceptors (Lipinski definition) is 25. The molecule has 2 amide bonds. The van der Waals surface area contributed by atoms with Gasteiger partial charge >= 0.3 is 66.0 Å². The normalized spacial score (nSPS) is 13.9. The van der Waals surface area contributed by atoms with Gasteiger partial charge in [0.15, 0.2) is 11.6 Å². The molecule has 0 radical (unpaired) electrons. The van der Waals surface area contributed by atoms with E-state index in [4.69, 9.17) is 57.9 Å². The first-order valence-electron chi connectivity index (χ1n) is 37.5. The molecule has 4 aromatic carbocycles. The van der Waals surface area contributed by atoms with Crippen LogP contribution in [-0.2, 0) is 40.0 Å². The molecule has 0 spiro atoms. The van der Waals surface area contributed by atoms with E-state index in [2.05, 4.69) is 66.5 Å². The van der Waals surface area contributed by atoms with Crippen molar-refractivity contribution in [2.75, 3.05) is 41.9 Å². The van der Waals surface area contributed by atoms with Crippen LogP contribution in [0, 0.1) is 6.42 Å². The zero-order valence-corrected chi connectivity index (χ0v) is 70.9. The van der Waals surface area contributed by atoms with Gasteiger partial charge in [0.1, 0.15) is 67.4 Å². The number of aromatic carboxylic acids is 1. The fraction of sp³-hybridized carbons (Fsp3) is 0.345. The Kier molecular flexibility index (Phi) is 27.0. The molecule has 0 aliphatic heterocycles. The second-order valence-electron chi connectivity index (χ2n) is 29.5. The summed E-state index contributed by atoms with van der Waals surface area (Å²) >= 11 is 7.57. The Morgan fingerprint density at radius 3 is 1.03 bits per heavy atom. The second-order valence-corrected chi connectivity index (χ2v) is 30.4. The number of nitrogens with two attached hydrogens (primary N) is 2. The van der Waals surface area contributed by atoms with Crippen LogP contribution in [0.5, 0.6) is 0 Å². The number of anilines is 4. The average Bonchev–Trinajstić information content (AvgIpc) is 0.777. The first kappa shape index (κ1) is 84.9. The quantitative estimate of drug-likeness (QED) is 0.0249. The maximum absolute atomic E-state index is 13.3. The number of rotatable bonds is 12. The third kappa shape index (κ3) is 19.8. The summed E-state index contributed by atoms with van der Waals surface area (Å²) in [5.41, 5.74) is 13.7. The minimum atomic E-state index is -1.22. The van der Waals surface area contributed by atoms with Gasteiger partial charge in [0.2, 0.25) is 44.6 Å². The van der Waals surface area contributed by atoms with Crippen LogP contribution in [0.25, 0.3) is 88.3 Å². The van der Waals surface area contributed by atoms with Crippen molar-refractivity contribution < 1.29 is 91.6 Å². The van der Waals surface area contributed by atoms with E-state index in [9.17, 15) is 47.9 Å². The molecule has 115 heavy (non-hydrogen) atoms. The molecule has 4 saturated carbocycles. The number of halogens is 2. The van der Waals surface area contributed by atoms with Gasteiger partial charge in [0, 0.05) is 4.47 Å². The number of aromatic nitrogens is 4. The van der Waals surface area contributed by atoms with E-state index in [0.717, 1.165) is 55.2 Å². The summed E-state index contributed by atoms with van der Waals surface area (Å²) in [4.78, 5) is 141. The SMILES string of the molecule is CCOC(=O)c1cc2c(=O)c3cc(Br)ccc3oc2nc1NC(=O)OC(C)(C)C.CCOC(=O)c1cc2c(=O)c3cc(C4CCC4)ccc3oc2nc1N.CCOC(=O)c1cc2c(=O)c3cc(C4CCC4)ccc3oc2nc1NC(=O)OC(C)(C)C.Nc1nc2oc3ccc(C4CCC4)cc3c(=O)c2cc1C(=O)O.[CH-]1CCC1.[Zn+][Br]. The number of fused-ring (bicyclic) bond motifs is 8. The summed E-state index contributed by atoms with van der Waals surface area (Å²) in [6.45, 7) is 15.7. The monoisotopic (exact) mass is 1750 g/mol. The number of carbonyl (C=O) groups excluding carboxylic acids is 5. The van der Waals surface area contributed by atoms with Crippen LogP contribution in [0.4, 0.5) is 32.9 Å². The van der Waals surface area contributed by atoms with E-state index < -0.39 is 47.3 Å². The molecule has 0 unspecified atom stereocenters. The van der Waals surface area contributed by atoms with Crippen molar-refractivity contribution in [1.29, 1.82) is 0 Å². The molecule has 4 aliphatic carbocycles. The number of carboxylic acids is 1. The molecule has 8 aromatic heterocycles. The third-order valence-corrected chi connectivity index (χ3v) is 19.7. The number of nitrogens with one attached hydrogen (secondary N) is 2. The van der Waals surface area contributed by atoms with E-state index in [0.29, 0.717) is 66.1 Å². The van der Waals surface area contributed by atoms with Gasteiger partial charge in [-0.15, -0.1) is 6.42 Å². The van der Waals surface area contributed by atoms with Gasteiger partial charge < -0.3 is 64.3 Å². The molecule has 31 heteroatoms. The van der Waals surface area contributed by atoms with Gasteiger partial charge in [-0.05, 0) is 214 Å². The molecule has 8 heterocycles. The Balaban J connectivity index is 0.000000148. The van der Waals surface area contributed by atoms with Crippen LogP contribution in [0.2, 0.25) is 0 Å². The van der Waals surface area contributed by atoms with Crippen molar-refractivity contribution in [2.45, 2.75) is 168 Å². The van der Waals surface area contributed by atoms with Crippen molar-refractivity contribution >= 4 is 177 Å². The minimum absolute atomic E-state index is 0.0120. The van der Waals surface area contributed by atoms with Gasteiger partial charge in [-0.2, -0.15) is 32.8 Å². The Hall–Kier alpha value is -11.0. The van der Waals surface area contributed by atoms with Crippen LogP contribution in [0.3, 0.4) is 0 Å². The molecule has 0 atom stereocenters. The number of hydrogen-bond donors (Lipinski definition) is 5. The van der Waals surface area contributed by atoms with Gasteiger partial charge in [-0.3, -0.25) is 29.8 Å². The molecule has 596 valence electrons. The first-order chi connectivity index (χ1) is 54.9. The number of ether oxygens (including phenoxy) is 5. The number of carbonyl (C=O) groups is 6. The number of nitrogen functional groups attached to an aromatic ring is 2. The number of esters is 3. The van der Waals surface area contributed by atoms with E-state index in [1.807, 2.05) is 36.4 Å². The first-order valence-corrected chi connectivity index (χ1v) is 45.3. The fourth-order valence-corrected chi connectivity index (χ4v) is 13.0. The van der Waals surface area contributed by atoms with E-state index >= 15 is 0 Å². The molecule has 4 aliphatic rings. The zero-order chi connectivity index (χ0) is 82.9. The second kappa shape index (κ2) is 36.6. The van der Waals surface area contributed by atoms with Crippen LogP contribution >= 0.6 is 29.6 Å². The summed E-state index contributed by atoms with van der Waals surface area (Å²) in [7, 11) is 0. The standard InChI is InChI=1S/C24H26N2O6.C20H19BrN2O6.C19H18N2O4.C17H14N2O4.C4H7.BrH.Zn/c1-5-30-22(28)17-12-16-19(27)15-11-14(13-7-6-8-13)9-10-18(15)31-21(16)25-20(17)26-23(29)32-24(2,3)4;1-5-27-18(25)13-9-12-15(24)11-8-10(21)6-7-14(11)28-17(12)22-16(13)23-19(26)29-20(2,3)4;1-2-24-19(23)14-9-13-16(22)12-8-11(10-4-3-5-10)6-7-15(12)25-18(13)21-17(14)20;18-15-12(17(21)22)7-11-14(20)10-6-9(8-2-1-3-8)4-5-13(10)23-16(11)19-15;1-2-4-3-1;;/h9-13H,5-8H2,1-4H3,(H,25,26,29);6-9H,5H2,1-4H3,(H,22,23,26);6-10H,2-5H2,1H3,(H2,20,21);4-8H,1-3H2,(H2,18,19)(H,21,22);1H,2-4H2;1H;/q;;;;-1;;+2/p-1. The topological polar surface area (TPSA) is 417 Å². The number of benzene rings is 4. The summed E-state index contributed by atoms with van der Waals surface area (Å²) in [6, 6.07) is 27.2. The summed E-state index contributed by atoms with van der Waals surface area (Å²) < 4.78 is 49.3. The Labute approximate surface area is 682 Å². The average molecular weight is 1750 g/mol. The Bertz CT molecular complexity index is 6050. The van der Waals surface area contributed by atoms with E-state index in [-0.39, 0.29) is 131 Å². The molecule has 0 saturated heterocycles. The molecule has 16 rings (SSSR count). The third-order valence-electron chi connectivity index (χ3n) is 19.2. The molecule has 28 nitrogen and oxygen atoms in total. The molecule has 0 bridgehead atoms. The van der Waals surface area contributed by atoms with Gasteiger partial charge in [-0.1, -0.05) is 53.4 Å². The van der Waals surface area contributed by atoms with E-state index in [1.165, 1.54) is 79.1 Å². The summed E-state index contributed by atoms with van der Waals surface area (Å²) in [5.74, 6) is -2.20. The predicted molar refractivity (Wildman–Crippen MR) is 439 cm³/mol. The number of amides is 2. The molecular weight excluding hydrogens is 1670 g/mol. The van der Waals surface area contributed by atoms with Crippen molar-refractivity contribution in [2.24, 2.45) is 0 Å². The molecule has 7 N–H and O–H groups in total. The Morgan fingerprint density at radius 1 is 0.452 bits per heavy atom. The Morgan fingerprint density at radius 2 is 0.739 bits per heavy atom. The predicted octanol–water partition coefficient (Wildman–Crippen LogP) is 18.2. The number of carboxylic acid groups (broad SMARTS) is 1. The molecule has 12 aromatic rings. The van der Waals surface area contributed by atoms with E-state index in [1.54, 1.807) is 98.7 Å². The van der Waals surface area contributed by atoms with Crippen LogP contribution < -0.4 is 43.8 Å². The summed E-state index contributed by atoms with van der Waals surface area (Å²) in [5, 5.41) is 16.3.